The predicted octanol–water partition coefficient (Wildman–Crippen LogP) is 4.75. The first-order valence-electron chi connectivity index (χ1n) is 10.3. The number of para-hydroxylation sites is 1. The maximum Gasteiger partial charge on any atom is 0.261 e. The second-order valence-electron chi connectivity index (χ2n) is 7.66. The third-order valence-electron chi connectivity index (χ3n) is 5.67. The van der Waals surface area contributed by atoms with E-state index in [1.54, 1.807) is 25.9 Å². The fraction of sp³-hybridized carbons (Fsp3) is 0.231. The van der Waals surface area contributed by atoms with Crippen LogP contribution in [-0.2, 0) is 6.54 Å². The molecule has 6 heteroatoms. The molecule has 4 aromatic rings. The highest BCUT2D eigenvalue weighted by Crippen LogP contribution is 2.31. The smallest absolute Gasteiger partial charge is 0.261 e. The summed E-state index contributed by atoms with van der Waals surface area (Å²) < 4.78 is 18.1. The van der Waals surface area contributed by atoms with E-state index in [0.29, 0.717) is 34.8 Å². The first-order valence-corrected chi connectivity index (χ1v) is 10.3. The first kappa shape index (κ1) is 21.4. The highest BCUT2D eigenvalue weighted by Gasteiger charge is 2.18. The quantitative estimate of drug-likeness (QED) is 0.442. The van der Waals surface area contributed by atoms with E-state index in [-0.39, 0.29) is 5.56 Å². The van der Waals surface area contributed by atoms with Crippen LogP contribution in [0.4, 0.5) is 0 Å². The first-order chi connectivity index (χ1) is 15.5. The van der Waals surface area contributed by atoms with Crippen molar-refractivity contribution in [2.24, 2.45) is 0 Å². The Labute approximate surface area is 187 Å². The number of methoxy groups -OCH3 is 3. The van der Waals surface area contributed by atoms with Gasteiger partial charge >= 0.3 is 0 Å². The van der Waals surface area contributed by atoms with Crippen LogP contribution < -0.4 is 19.8 Å². The molecular weight excluding hydrogens is 404 g/mol. The Kier molecular flexibility index (Phi) is 5.86. The summed E-state index contributed by atoms with van der Waals surface area (Å²) >= 11 is 0. The van der Waals surface area contributed by atoms with Crippen LogP contribution in [0.3, 0.4) is 0 Å². The number of hydrogen-bond donors (Lipinski definition) is 0. The third-order valence-corrected chi connectivity index (χ3v) is 5.67. The number of aromatic nitrogens is 2. The number of fused-ring (bicyclic) bond motifs is 1. The van der Waals surface area contributed by atoms with Gasteiger partial charge < -0.3 is 14.2 Å². The van der Waals surface area contributed by atoms with E-state index >= 15 is 0 Å². The van der Waals surface area contributed by atoms with Crippen molar-refractivity contribution in [2.75, 3.05) is 21.3 Å². The van der Waals surface area contributed by atoms with E-state index in [4.69, 9.17) is 19.2 Å². The summed E-state index contributed by atoms with van der Waals surface area (Å²) in [5.41, 5.74) is 4.26. The van der Waals surface area contributed by atoms with Gasteiger partial charge in [-0.05, 0) is 61.4 Å². The molecule has 4 rings (SSSR count). The van der Waals surface area contributed by atoms with Gasteiger partial charge in [-0.15, -0.1) is 0 Å². The number of nitrogens with zero attached hydrogens (tertiary/aromatic N) is 2. The number of rotatable bonds is 6. The van der Waals surface area contributed by atoms with Gasteiger partial charge in [0.05, 0.1) is 38.8 Å². The zero-order valence-electron chi connectivity index (χ0n) is 18.9. The lowest BCUT2D eigenvalue weighted by atomic mass is 10.0. The molecule has 6 nitrogen and oxygen atoms in total. The Hall–Kier alpha value is -3.80. The molecule has 0 spiro atoms. The molecule has 0 radical (unpaired) electrons. The minimum Gasteiger partial charge on any atom is -0.497 e. The van der Waals surface area contributed by atoms with E-state index < -0.39 is 0 Å². The Balaban J connectivity index is 1.98. The molecule has 0 bridgehead atoms. The number of hydrogen-bond acceptors (Lipinski definition) is 5. The summed E-state index contributed by atoms with van der Waals surface area (Å²) in [6, 6.07) is 17.0. The van der Waals surface area contributed by atoms with Crippen molar-refractivity contribution >= 4 is 10.9 Å². The lowest BCUT2D eigenvalue weighted by molar-refractivity contribution is 0.390. The lowest BCUT2D eigenvalue weighted by Gasteiger charge is -2.18. The van der Waals surface area contributed by atoms with Gasteiger partial charge in [-0.2, -0.15) is 0 Å². The molecule has 0 aliphatic heterocycles. The molecular formula is C26H26N2O4. The molecule has 1 heterocycles. The Morgan fingerprint density at radius 3 is 2.31 bits per heavy atom. The topological polar surface area (TPSA) is 62.6 Å². The average molecular weight is 431 g/mol. The zero-order valence-corrected chi connectivity index (χ0v) is 18.9. The van der Waals surface area contributed by atoms with E-state index in [1.807, 2.05) is 68.4 Å². The summed E-state index contributed by atoms with van der Waals surface area (Å²) in [6.07, 6.45) is 0. The van der Waals surface area contributed by atoms with Crippen molar-refractivity contribution in [3.8, 4) is 28.6 Å². The van der Waals surface area contributed by atoms with E-state index in [9.17, 15) is 4.79 Å². The second kappa shape index (κ2) is 8.75. The standard InChI is InChI=1S/C26H26N2O4/c1-16-13-23(31-4)17(2)12-21(16)25-27-22-9-7-6-8-20(22)26(29)28(25)15-18-10-11-19(30-3)14-24(18)32-5/h6-14H,15H2,1-5H3. The van der Waals surface area contributed by atoms with Crippen molar-refractivity contribution < 1.29 is 14.2 Å². The lowest BCUT2D eigenvalue weighted by Crippen LogP contribution is -2.24. The van der Waals surface area contributed by atoms with Crippen molar-refractivity contribution in [1.29, 1.82) is 0 Å². The van der Waals surface area contributed by atoms with Crippen LogP contribution in [0.1, 0.15) is 16.7 Å². The molecule has 0 fully saturated rings. The maximum atomic E-state index is 13.6. The van der Waals surface area contributed by atoms with Crippen molar-refractivity contribution in [2.45, 2.75) is 20.4 Å². The highest BCUT2D eigenvalue weighted by molar-refractivity contribution is 5.80. The molecule has 0 saturated heterocycles. The molecule has 0 saturated carbocycles. The minimum atomic E-state index is -0.101. The summed E-state index contributed by atoms with van der Waals surface area (Å²) in [7, 11) is 4.87. The van der Waals surface area contributed by atoms with Crippen LogP contribution in [0.15, 0.2) is 59.4 Å². The van der Waals surface area contributed by atoms with Crippen LogP contribution in [0, 0.1) is 13.8 Å². The zero-order chi connectivity index (χ0) is 22.8. The van der Waals surface area contributed by atoms with Crippen molar-refractivity contribution in [3.63, 3.8) is 0 Å². The van der Waals surface area contributed by atoms with Gasteiger partial charge in [-0.25, -0.2) is 4.98 Å². The number of ether oxygens (including phenoxy) is 3. The molecule has 32 heavy (non-hydrogen) atoms. The molecule has 0 aliphatic carbocycles. The van der Waals surface area contributed by atoms with Gasteiger partial charge in [0, 0.05) is 17.2 Å². The Morgan fingerprint density at radius 1 is 0.844 bits per heavy atom. The van der Waals surface area contributed by atoms with Crippen LogP contribution in [0.2, 0.25) is 0 Å². The van der Waals surface area contributed by atoms with Gasteiger partial charge in [0.2, 0.25) is 0 Å². The molecule has 0 amide bonds. The largest absolute Gasteiger partial charge is 0.497 e. The van der Waals surface area contributed by atoms with E-state index in [2.05, 4.69) is 0 Å². The highest BCUT2D eigenvalue weighted by atomic mass is 16.5. The number of benzene rings is 3. The van der Waals surface area contributed by atoms with E-state index in [0.717, 1.165) is 28.0 Å². The minimum absolute atomic E-state index is 0.101. The van der Waals surface area contributed by atoms with Gasteiger partial charge in [0.1, 0.15) is 23.1 Å². The fourth-order valence-electron chi connectivity index (χ4n) is 3.92. The van der Waals surface area contributed by atoms with E-state index in [1.165, 1.54) is 0 Å². The van der Waals surface area contributed by atoms with Crippen LogP contribution in [-0.4, -0.2) is 30.9 Å². The van der Waals surface area contributed by atoms with Crippen LogP contribution >= 0.6 is 0 Å². The molecule has 0 atom stereocenters. The van der Waals surface area contributed by atoms with Crippen molar-refractivity contribution in [3.05, 3.63) is 81.6 Å². The second-order valence-corrected chi connectivity index (χ2v) is 7.66. The molecule has 164 valence electrons. The molecule has 1 aromatic heterocycles. The van der Waals surface area contributed by atoms with Crippen LogP contribution in [0.25, 0.3) is 22.3 Å². The molecule has 0 N–H and O–H groups in total. The normalized spacial score (nSPS) is 10.9. The monoisotopic (exact) mass is 430 g/mol. The summed E-state index contributed by atoms with van der Waals surface area (Å²) in [6.45, 7) is 4.29. The maximum absolute atomic E-state index is 13.6. The van der Waals surface area contributed by atoms with Gasteiger partial charge in [-0.3, -0.25) is 9.36 Å². The summed E-state index contributed by atoms with van der Waals surface area (Å²) in [5, 5.41) is 0.576. The predicted molar refractivity (Wildman–Crippen MR) is 126 cm³/mol. The van der Waals surface area contributed by atoms with Gasteiger partial charge in [0.15, 0.2) is 0 Å². The summed E-state index contributed by atoms with van der Waals surface area (Å²) in [5.74, 6) is 2.75. The third kappa shape index (κ3) is 3.80. The summed E-state index contributed by atoms with van der Waals surface area (Å²) in [4.78, 5) is 18.5. The average Bonchev–Trinajstić information content (AvgIpc) is 2.82. The molecule has 0 aliphatic rings. The number of aryl methyl sites for hydroxylation is 2. The Bertz CT molecular complexity index is 1360. The molecule has 0 unspecified atom stereocenters. The van der Waals surface area contributed by atoms with Gasteiger partial charge in [0.25, 0.3) is 5.56 Å². The molecule has 3 aromatic carbocycles. The van der Waals surface area contributed by atoms with Crippen LogP contribution in [0.5, 0.6) is 17.2 Å². The fourth-order valence-corrected chi connectivity index (χ4v) is 3.92. The van der Waals surface area contributed by atoms with Crippen molar-refractivity contribution in [1.82, 2.24) is 9.55 Å². The van der Waals surface area contributed by atoms with Gasteiger partial charge in [-0.1, -0.05) is 12.1 Å². The SMILES string of the molecule is COc1ccc(Cn2c(-c3cc(C)c(OC)cc3C)nc3ccccc3c2=O)c(OC)c1. The Morgan fingerprint density at radius 2 is 1.59 bits per heavy atom.